The Morgan fingerprint density at radius 3 is 2.62 bits per heavy atom. The first-order chi connectivity index (χ1) is 14.0. The summed E-state index contributed by atoms with van der Waals surface area (Å²) < 4.78 is 14.0. The molecule has 4 rings (SSSR count). The number of hydrogen-bond donors (Lipinski definition) is 0. The highest BCUT2D eigenvalue weighted by Gasteiger charge is 2.34. The van der Waals surface area contributed by atoms with Crippen LogP contribution in [-0.4, -0.2) is 40.2 Å². The van der Waals surface area contributed by atoms with Crippen molar-refractivity contribution in [1.82, 2.24) is 4.90 Å². The molecule has 0 aromatic heterocycles. The summed E-state index contributed by atoms with van der Waals surface area (Å²) in [6.45, 7) is 2.34. The number of carbonyl (C=O) groups excluding carboxylic acids is 2. The second kappa shape index (κ2) is 8.37. The molecule has 2 aromatic rings. The van der Waals surface area contributed by atoms with E-state index in [0.29, 0.717) is 10.7 Å². The average Bonchev–Trinajstić information content (AvgIpc) is 3.49. The van der Waals surface area contributed by atoms with Gasteiger partial charge in [-0.05, 0) is 38.0 Å². The molecule has 0 saturated heterocycles. The van der Waals surface area contributed by atoms with E-state index in [-0.39, 0.29) is 42.5 Å². The number of benzene rings is 2. The number of amides is 2. The lowest BCUT2D eigenvalue weighted by molar-refractivity contribution is -0.129. The minimum absolute atomic E-state index is 0.0633. The molecule has 1 aliphatic carbocycles. The van der Waals surface area contributed by atoms with Crippen LogP contribution in [0, 0.1) is 12.7 Å². The van der Waals surface area contributed by atoms with Gasteiger partial charge in [-0.15, -0.1) is 0 Å². The molecule has 1 saturated carbocycles. The number of anilines is 1. The second-order valence-electron chi connectivity index (χ2n) is 7.30. The molecule has 0 unspecified atom stereocenters. The van der Waals surface area contributed by atoms with Crippen molar-refractivity contribution < 1.29 is 14.0 Å². The molecule has 7 heteroatoms. The smallest absolute Gasteiger partial charge is 0.254 e. The molecule has 150 valence electrons. The van der Waals surface area contributed by atoms with Crippen LogP contribution in [0.15, 0.2) is 53.5 Å². The van der Waals surface area contributed by atoms with Gasteiger partial charge in [-0.3, -0.25) is 19.5 Å². The molecular formula is C22H22FN3O2S. The maximum Gasteiger partial charge on any atom is 0.254 e. The highest BCUT2D eigenvalue weighted by Crippen LogP contribution is 2.30. The van der Waals surface area contributed by atoms with Crippen molar-refractivity contribution in [2.24, 2.45) is 4.99 Å². The van der Waals surface area contributed by atoms with Crippen molar-refractivity contribution in [3.05, 3.63) is 65.5 Å². The van der Waals surface area contributed by atoms with Crippen molar-refractivity contribution in [2.45, 2.75) is 32.4 Å². The Balaban J connectivity index is 1.43. The third-order valence-corrected chi connectivity index (χ3v) is 5.97. The van der Waals surface area contributed by atoms with Crippen molar-refractivity contribution in [1.29, 1.82) is 0 Å². The second-order valence-corrected chi connectivity index (χ2v) is 8.24. The van der Waals surface area contributed by atoms with Gasteiger partial charge < -0.3 is 4.90 Å². The maximum absolute atomic E-state index is 14.0. The number of carbonyl (C=O) groups is 2. The van der Waals surface area contributed by atoms with Gasteiger partial charge in [0.25, 0.3) is 5.91 Å². The van der Waals surface area contributed by atoms with Crippen LogP contribution in [-0.2, 0) is 16.1 Å². The van der Waals surface area contributed by atoms with E-state index in [1.165, 1.54) is 17.8 Å². The van der Waals surface area contributed by atoms with E-state index in [1.54, 1.807) is 28.0 Å². The van der Waals surface area contributed by atoms with Crippen LogP contribution in [0.25, 0.3) is 0 Å². The minimum Gasteiger partial charge on any atom is -0.335 e. The summed E-state index contributed by atoms with van der Waals surface area (Å²) in [5.41, 5.74) is 2.38. The summed E-state index contributed by atoms with van der Waals surface area (Å²) in [4.78, 5) is 32.8. The van der Waals surface area contributed by atoms with Crippen LogP contribution in [0.5, 0.6) is 0 Å². The molecule has 0 N–H and O–H groups in total. The topological polar surface area (TPSA) is 53.0 Å². The third-order valence-electron chi connectivity index (χ3n) is 5.01. The predicted molar refractivity (Wildman–Crippen MR) is 113 cm³/mol. The SMILES string of the molecule is Cc1ccc(N2C(=O)CN=C2SCC(=O)N(Cc2ccccc2F)C2CC2)cc1. The van der Waals surface area contributed by atoms with Crippen LogP contribution < -0.4 is 4.90 Å². The zero-order valence-corrected chi connectivity index (χ0v) is 17.0. The Hall–Kier alpha value is -2.67. The molecule has 0 bridgehead atoms. The molecule has 0 radical (unpaired) electrons. The van der Waals surface area contributed by atoms with Gasteiger partial charge in [-0.2, -0.15) is 0 Å². The molecule has 5 nitrogen and oxygen atoms in total. The molecule has 1 fully saturated rings. The van der Waals surface area contributed by atoms with Gasteiger partial charge in [0.2, 0.25) is 5.91 Å². The van der Waals surface area contributed by atoms with Crippen LogP contribution in [0.3, 0.4) is 0 Å². The molecule has 1 aliphatic heterocycles. The Bertz CT molecular complexity index is 957. The first-order valence-electron chi connectivity index (χ1n) is 9.62. The van der Waals surface area contributed by atoms with Crippen LogP contribution in [0.1, 0.15) is 24.0 Å². The quantitative estimate of drug-likeness (QED) is 0.727. The average molecular weight is 412 g/mol. The van der Waals surface area contributed by atoms with Gasteiger partial charge in [0, 0.05) is 18.2 Å². The van der Waals surface area contributed by atoms with Gasteiger partial charge in [-0.25, -0.2) is 4.39 Å². The summed E-state index contributed by atoms with van der Waals surface area (Å²) in [5, 5.41) is 0.536. The Kier molecular flexibility index (Phi) is 5.67. The predicted octanol–water partition coefficient (Wildman–Crippen LogP) is 3.76. The van der Waals surface area contributed by atoms with Crippen molar-refractivity contribution in [2.75, 3.05) is 17.2 Å². The lowest BCUT2D eigenvalue weighted by atomic mass is 10.2. The van der Waals surface area contributed by atoms with Crippen LogP contribution >= 0.6 is 11.8 Å². The van der Waals surface area contributed by atoms with Crippen LogP contribution in [0.4, 0.5) is 10.1 Å². The van der Waals surface area contributed by atoms with Crippen molar-refractivity contribution in [3.63, 3.8) is 0 Å². The molecule has 2 aromatic carbocycles. The summed E-state index contributed by atoms with van der Waals surface area (Å²) in [5.74, 6) is -0.296. The Labute approximate surface area is 173 Å². The molecule has 2 amide bonds. The van der Waals surface area contributed by atoms with E-state index in [0.717, 1.165) is 24.1 Å². The number of rotatable bonds is 6. The minimum atomic E-state index is -0.296. The molecule has 2 aliphatic rings. The Morgan fingerprint density at radius 1 is 1.21 bits per heavy atom. The monoisotopic (exact) mass is 411 g/mol. The number of nitrogens with zero attached hydrogens (tertiary/aromatic N) is 3. The van der Waals surface area contributed by atoms with Gasteiger partial charge in [0.15, 0.2) is 5.17 Å². The lowest BCUT2D eigenvalue weighted by Gasteiger charge is -2.23. The maximum atomic E-state index is 14.0. The number of aliphatic imine (C=N–C) groups is 1. The molecule has 29 heavy (non-hydrogen) atoms. The lowest BCUT2D eigenvalue weighted by Crippen LogP contribution is -2.36. The van der Waals surface area contributed by atoms with Gasteiger partial charge in [-0.1, -0.05) is 47.7 Å². The molecular weight excluding hydrogens is 389 g/mol. The number of hydrogen-bond acceptors (Lipinski definition) is 4. The number of thioether (sulfide) groups is 1. The fourth-order valence-corrected chi connectivity index (χ4v) is 4.18. The Morgan fingerprint density at radius 2 is 1.93 bits per heavy atom. The summed E-state index contributed by atoms with van der Waals surface area (Å²) in [6, 6.07) is 14.4. The zero-order chi connectivity index (χ0) is 20.4. The summed E-state index contributed by atoms with van der Waals surface area (Å²) in [7, 11) is 0. The van der Waals surface area contributed by atoms with Crippen molar-refractivity contribution >= 4 is 34.4 Å². The fraction of sp³-hybridized carbons (Fsp3) is 0.318. The van der Waals surface area contributed by atoms with Crippen molar-refractivity contribution in [3.8, 4) is 0 Å². The number of aryl methyl sites for hydroxylation is 1. The first kappa shape index (κ1) is 19.6. The summed E-state index contributed by atoms with van der Waals surface area (Å²) in [6.07, 6.45) is 1.89. The number of halogens is 1. The van der Waals surface area contributed by atoms with E-state index in [2.05, 4.69) is 4.99 Å². The highest BCUT2D eigenvalue weighted by molar-refractivity contribution is 8.14. The van der Waals surface area contributed by atoms with Gasteiger partial charge in [0.1, 0.15) is 12.4 Å². The first-order valence-corrected chi connectivity index (χ1v) is 10.6. The normalized spacial score (nSPS) is 16.1. The third kappa shape index (κ3) is 4.50. The molecule has 0 spiro atoms. The van der Waals surface area contributed by atoms with E-state index in [1.807, 2.05) is 31.2 Å². The molecule has 1 heterocycles. The van der Waals surface area contributed by atoms with E-state index in [4.69, 9.17) is 0 Å². The largest absolute Gasteiger partial charge is 0.335 e. The van der Waals surface area contributed by atoms with E-state index >= 15 is 0 Å². The fourth-order valence-electron chi connectivity index (χ4n) is 3.27. The van der Waals surface area contributed by atoms with E-state index in [9.17, 15) is 14.0 Å². The highest BCUT2D eigenvalue weighted by atomic mass is 32.2. The molecule has 0 atom stereocenters. The van der Waals surface area contributed by atoms with Gasteiger partial charge in [0.05, 0.1) is 11.4 Å². The van der Waals surface area contributed by atoms with E-state index < -0.39 is 0 Å². The summed E-state index contributed by atoms with van der Waals surface area (Å²) >= 11 is 1.26. The zero-order valence-electron chi connectivity index (χ0n) is 16.2. The standard InChI is InChI=1S/C22H22FN3O2S/c1-15-6-8-18(9-7-15)26-20(27)12-24-22(26)29-14-21(28)25(17-10-11-17)13-16-4-2-3-5-19(16)23/h2-9,17H,10-14H2,1H3. The van der Waals surface area contributed by atoms with Gasteiger partial charge >= 0.3 is 0 Å². The van der Waals surface area contributed by atoms with Crippen LogP contribution in [0.2, 0.25) is 0 Å². The number of amidine groups is 1.